The highest BCUT2D eigenvalue weighted by atomic mass is 32.2. The maximum atomic E-state index is 12.0. The van der Waals surface area contributed by atoms with E-state index in [1.807, 2.05) is 0 Å². The van der Waals surface area contributed by atoms with E-state index < -0.39 is 10.0 Å². The van der Waals surface area contributed by atoms with Crippen LogP contribution in [0.25, 0.3) is 0 Å². The van der Waals surface area contributed by atoms with Crippen molar-refractivity contribution < 1.29 is 13.2 Å². The third kappa shape index (κ3) is 4.30. The molecular formula is C12H19N3O3S. The molecule has 0 saturated carbocycles. The van der Waals surface area contributed by atoms with Crippen molar-refractivity contribution in [2.75, 3.05) is 13.1 Å². The molecule has 19 heavy (non-hydrogen) atoms. The van der Waals surface area contributed by atoms with Crippen LogP contribution in [-0.4, -0.2) is 27.4 Å². The van der Waals surface area contributed by atoms with Crippen molar-refractivity contribution in [3.05, 3.63) is 29.3 Å². The molecule has 106 valence electrons. The Morgan fingerprint density at radius 1 is 1.37 bits per heavy atom. The summed E-state index contributed by atoms with van der Waals surface area (Å²) in [4.78, 5) is 11.4. The lowest BCUT2D eigenvalue weighted by Gasteiger charge is -2.09. The lowest BCUT2D eigenvalue weighted by molar-refractivity contribution is -0.119. The number of sulfonamides is 1. The fourth-order valence-electron chi connectivity index (χ4n) is 1.57. The van der Waals surface area contributed by atoms with Crippen molar-refractivity contribution in [1.82, 2.24) is 10.0 Å². The monoisotopic (exact) mass is 285 g/mol. The molecule has 0 saturated heterocycles. The summed E-state index contributed by atoms with van der Waals surface area (Å²) in [5.74, 6) is -0.360. The molecule has 0 radical (unpaired) electrons. The zero-order valence-corrected chi connectivity index (χ0v) is 11.9. The van der Waals surface area contributed by atoms with Gasteiger partial charge in [-0.05, 0) is 37.1 Å². The van der Waals surface area contributed by atoms with Gasteiger partial charge in [0.1, 0.15) is 0 Å². The van der Waals surface area contributed by atoms with Gasteiger partial charge in [0.05, 0.1) is 11.4 Å². The number of rotatable bonds is 6. The van der Waals surface area contributed by atoms with Crippen LogP contribution in [0.15, 0.2) is 23.1 Å². The fourth-order valence-corrected chi connectivity index (χ4v) is 2.64. The van der Waals surface area contributed by atoms with Crippen molar-refractivity contribution in [3.8, 4) is 0 Å². The second-order valence-electron chi connectivity index (χ2n) is 4.07. The number of amides is 1. The second-order valence-corrected chi connectivity index (χ2v) is 5.84. The molecule has 1 aromatic carbocycles. The number of benzene rings is 1. The van der Waals surface area contributed by atoms with Gasteiger partial charge in [0.15, 0.2) is 0 Å². The van der Waals surface area contributed by atoms with E-state index in [4.69, 9.17) is 5.73 Å². The average Bonchev–Trinajstić information content (AvgIpc) is 2.37. The van der Waals surface area contributed by atoms with Gasteiger partial charge in [-0.3, -0.25) is 4.79 Å². The summed E-state index contributed by atoms with van der Waals surface area (Å²) in [6.45, 7) is 4.11. The van der Waals surface area contributed by atoms with Crippen LogP contribution < -0.4 is 15.8 Å². The number of aryl methyl sites for hydroxylation is 1. The number of carbonyl (C=O) groups is 1. The minimum atomic E-state index is -3.67. The number of nitrogens with two attached hydrogens (primary N) is 1. The van der Waals surface area contributed by atoms with E-state index in [0.29, 0.717) is 13.1 Å². The van der Waals surface area contributed by atoms with Gasteiger partial charge in [-0.25, -0.2) is 13.1 Å². The molecule has 7 heteroatoms. The van der Waals surface area contributed by atoms with Crippen molar-refractivity contribution in [3.63, 3.8) is 0 Å². The second kappa shape index (κ2) is 6.65. The highest BCUT2D eigenvalue weighted by Crippen LogP contribution is 2.14. The molecule has 6 nitrogen and oxygen atoms in total. The molecule has 1 aromatic rings. The zero-order valence-electron chi connectivity index (χ0n) is 11.1. The Bertz CT molecular complexity index is 555. The Morgan fingerprint density at radius 3 is 2.58 bits per heavy atom. The van der Waals surface area contributed by atoms with Crippen molar-refractivity contribution in [2.45, 2.75) is 25.3 Å². The summed E-state index contributed by atoms with van der Waals surface area (Å²) in [6, 6.07) is 4.70. The number of carbonyl (C=O) groups excluding carboxylic acids is 1. The molecule has 0 aromatic heterocycles. The number of likely N-dealkylation sites (N-methyl/N-ethyl adjacent to an activating group) is 1. The van der Waals surface area contributed by atoms with E-state index in [2.05, 4.69) is 10.0 Å². The molecule has 4 N–H and O–H groups in total. The summed E-state index contributed by atoms with van der Waals surface area (Å²) in [5.41, 5.74) is 7.22. The van der Waals surface area contributed by atoms with E-state index in [1.54, 1.807) is 26.0 Å². The Kier molecular flexibility index (Phi) is 5.46. The van der Waals surface area contributed by atoms with Gasteiger partial charge in [-0.2, -0.15) is 0 Å². The molecular weight excluding hydrogens is 266 g/mol. The third-order valence-corrected chi connectivity index (χ3v) is 4.04. The molecule has 0 aliphatic heterocycles. The van der Waals surface area contributed by atoms with Crippen LogP contribution in [0.1, 0.15) is 18.1 Å². The summed E-state index contributed by atoms with van der Waals surface area (Å²) < 4.78 is 26.2. The highest BCUT2D eigenvalue weighted by molar-refractivity contribution is 7.89. The summed E-state index contributed by atoms with van der Waals surface area (Å²) in [5, 5.41) is 2.52. The van der Waals surface area contributed by atoms with E-state index >= 15 is 0 Å². The molecule has 0 aliphatic carbocycles. The van der Waals surface area contributed by atoms with Crippen LogP contribution in [-0.2, 0) is 21.4 Å². The van der Waals surface area contributed by atoms with Gasteiger partial charge in [-0.15, -0.1) is 0 Å². The molecule has 1 rings (SSSR count). The Hall–Kier alpha value is -1.44. The smallest absolute Gasteiger partial charge is 0.241 e. The minimum absolute atomic E-state index is 0.131. The normalized spacial score (nSPS) is 11.3. The largest absolute Gasteiger partial charge is 0.355 e. The zero-order chi connectivity index (χ0) is 14.5. The van der Waals surface area contributed by atoms with Crippen molar-refractivity contribution >= 4 is 15.9 Å². The van der Waals surface area contributed by atoms with E-state index in [9.17, 15) is 13.2 Å². The highest BCUT2D eigenvalue weighted by Gasteiger charge is 2.16. The fraction of sp³-hybridized carbons (Fsp3) is 0.417. The van der Waals surface area contributed by atoms with Crippen LogP contribution in [0, 0.1) is 6.92 Å². The predicted octanol–water partition coefficient (Wildman–Crippen LogP) is -0.132. The van der Waals surface area contributed by atoms with E-state index in [0.717, 1.165) is 11.1 Å². The Balaban J connectivity index is 2.83. The molecule has 0 aliphatic rings. The molecule has 1 amide bonds. The van der Waals surface area contributed by atoms with E-state index in [-0.39, 0.29) is 17.3 Å². The number of nitrogens with one attached hydrogen (secondary N) is 2. The lowest BCUT2D eigenvalue weighted by Crippen LogP contribution is -2.36. The van der Waals surface area contributed by atoms with Gasteiger partial charge in [0.25, 0.3) is 0 Å². The molecule has 0 spiro atoms. The van der Waals surface area contributed by atoms with Gasteiger partial charge in [0, 0.05) is 13.1 Å². The van der Waals surface area contributed by atoms with Gasteiger partial charge in [0.2, 0.25) is 15.9 Å². The minimum Gasteiger partial charge on any atom is -0.355 e. The first-order valence-corrected chi connectivity index (χ1v) is 7.45. The number of hydrogen-bond donors (Lipinski definition) is 3. The van der Waals surface area contributed by atoms with Gasteiger partial charge < -0.3 is 11.1 Å². The van der Waals surface area contributed by atoms with Crippen LogP contribution in [0.5, 0.6) is 0 Å². The predicted molar refractivity (Wildman–Crippen MR) is 72.9 cm³/mol. The SMILES string of the molecule is CCNC(=O)CNS(=O)(=O)c1ccc(CN)c(C)c1. The molecule has 0 bridgehead atoms. The standard InChI is InChI=1S/C12H19N3O3S/c1-3-14-12(16)8-15-19(17,18)11-5-4-10(7-13)9(2)6-11/h4-6,15H,3,7-8,13H2,1-2H3,(H,14,16). The van der Waals surface area contributed by atoms with Gasteiger partial charge >= 0.3 is 0 Å². The summed E-state index contributed by atoms with van der Waals surface area (Å²) in [6.07, 6.45) is 0. The van der Waals surface area contributed by atoms with Crippen LogP contribution in [0.3, 0.4) is 0 Å². The first kappa shape index (κ1) is 15.6. The van der Waals surface area contributed by atoms with E-state index in [1.165, 1.54) is 6.07 Å². The third-order valence-electron chi connectivity index (χ3n) is 2.64. The molecule has 0 atom stereocenters. The summed E-state index contributed by atoms with van der Waals surface area (Å²) in [7, 11) is -3.67. The maximum absolute atomic E-state index is 12.0. The van der Waals surface area contributed by atoms with Crippen LogP contribution in [0.2, 0.25) is 0 Å². The number of hydrogen-bond acceptors (Lipinski definition) is 4. The Morgan fingerprint density at radius 2 is 2.05 bits per heavy atom. The topological polar surface area (TPSA) is 101 Å². The average molecular weight is 285 g/mol. The van der Waals surface area contributed by atoms with Crippen molar-refractivity contribution in [1.29, 1.82) is 0 Å². The Labute approximate surface area is 113 Å². The summed E-state index contributed by atoms with van der Waals surface area (Å²) >= 11 is 0. The van der Waals surface area contributed by atoms with Crippen LogP contribution >= 0.6 is 0 Å². The maximum Gasteiger partial charge on any atom is 0.241 e. The molecule has 0 fully saturated rings. The molecule has 0 heterocycles. The van der Waals surface area contributed by atoms with Gasteiger partial charge in [-0.1, -0.05) is 6.07 Å². The molecule has 0 unspecified atom stereocenters. The van der Waals surface area contributed by atoms with Crippen molar-refractivity contribution in [2.24, 2.45) is 5.73 Å². The first-order valence-electron chi connectivity index (χ1n) is 5.96. The quantitative estimate of drug-likeness (QED) is 0.677. The lowest BCUT2D eigenvalue weighted by atomic mass is 10.1. The van der Waals surface area contributed by atoms with Crippen LogP contribution in [0.4, 0.5) is 0 Å². The first-order chi connectivity index (χ1) is 8.90.